The molecule has 0 N–H and O–H groups in total. The molecule has 1 unspecified atom stereocenters. The Kier molecular flexibility index (Phi) is 7.61. The lowest BCUT2D eigenvalue weighted by Gasteiger charge is -2.28. The maximum Gasteiger partial charge on any atom is 0.160 e. The maximum absolute atomic E-state index is 6.17. The Labute approximate surface area is 331 Å². The van der Waals surface area contributed by atoms with E-state index in [0.29, 0.717) is 5.82 Å². The molecule has 0 radical (unpaired) electrons. The largest absolute Gasteiger partial charge is 0.456 e. The van der Waals surface area contributed by atoms with Gasteiger partial charge in [0.1, 0.15) is 11.2 Å². The molecule has 1 aliphatic carbocycles. The second-order valence-electron chi connectivity index (χ2n) is 15.1. The Morgan fingerprint density at radius 3 is 1.67 bits per heavy atom. The molecule has 2 aromatic heterocycles. The van der Waals surface area contributed by atoms with E-state index in [1.807, 2.05) is 30.3 Å². The van der Waals surface area contributed by atoms with Crippen molar-refractivity contribution in [3.8, 4) is 67.3 Å². The van der Waals surface area contributed by atoms with Gasteiger partial charge in [0.2, 0.25) is 0 Å². The predicted molar refractivity (Wildman–Crippen MR) is 234 cm³/mol. The molecule has 0 spiro atoms. The fourth-order valence-electron chi connectivity index (χ4n) is 8.79. The van der Waals surface area contributed by atoms with Crippen LogP contribution < -0.4 is 0 Å². The van der Waals surface area contributed by atoms with Crippen LogP contribution in [0.15, 0.2) is 205 Å². The summed E-state index contributed by atoms with van der Waals surface area (Å²) in [6, 6.07) is 71.1. The van der Waals surface area contributed by atoms with Gasteiger partial charge in [0.25, 0.3) is 0 Å². The summed E-state index contributed by atoms with van der Waals surface area (Å²) in [6.07, 6.45) is 0. The smallest absolute Gasteiger partial charge is 0.160 e. The first-order chi connectivity index (χ1) is 28.1. The van der Waals surface area contributed by atoms with Gasteiger partial charge in [-0.25, -0.2) is 9.97 Å². The molecule has 10 aromatic rings. The first-order valence-electron chi connectivity index (χ1n) is 19.5. The van der Waals surface area contributed by atoms with E-state index in [9.17, 15) is 0 Å². The molecule has 0 saturated heterocycles. The average Bonchev–Trinajstić information content (AvgIpc) is 3.79. The summed E-state index contributed by atoms with van der Waals surface area (Å²) < 4.78 is 6.17. The molecule has 0 amide bonds. The molecule has 11 rings (SSSR count). The third kappa shape index (κ3) is 5.50. The molecular weight excluding hydrogens is 693 g/mol. The van der Waals surface area contributed by atoms with Crippen molar-refractivity contribution >= 4 is 21.9 Å². The fraction of sp³-hybridized carbons (Fsp3) is 0.0370. The fourth-order valence-corrected chi connectivity index (χ4v) is 8.79. The van der Waals surface area contributed by atoms with Crippen LogP contribution in [0.5, 0.6) is 0 Å². The molecule has 57 heavy (non-hydrogen) atoms. The van der Waals surface area contributed by atoms with Crippen molar-refractivity contribution in [2.75, 3.05) is 0 Å². The van der Waals surface area contributed by atoms with E-state index in [0.717, 1.165) is 72.3 Å². The second kappa shape index (κ2) is 13.1. The second-order valence-corrected chi connectivity index (χ2v) is 15.1. The molecule has 0 saturated carbocycles. The van der Waals surface area contributed by atoms with Gasteiger partial charge in [-0.2, -0.15) is 0 Å². The number of fused-ring (bicyclic) bond motifs is 6. The van der Waals surface area contributed by atoms with Crippen LogP contribution in [0, 0.1) is 0 Å². The summed E-state index contributed by atoms with van der Waals surface area (Å²) in [5.74, 6) is 0.707. The number of hydrogen-bond donors (Lipinski definition) is 0. The van der Waals surface area contributed by atoms with Gasteiger partial charge in [-0.1, -0.05) is 170 Å². The number of rotatable bonds is 6. The van der Waals surface area contributed by atoms with Gasteiger partial charge in [-0.05, 0) is 87.3 Å². The third-order valence-corrected chi connectivity index (χ3v) is 11.8. The van der Waals surface area contributed by atoms with Crippen LogP contribution in [-0.2, 0) is 5.41 Å². The first kappa shape index (κ1) is 33.0. The molecule has 0 bridgehead atoms. The van der Waals surface area contributed by atoms with Crippen molar-refractivity contribution in [2.45, 2.75) is 12.3 Å². The van der Waals surface area contributed by atoms with Crippen LogP contribution in [0.1, 0.15) is 23.6 Å². The summed E-state index contributed by atoms with van der Waals surface area (Å²) in [4.78, 5) is 10.3. The quantitative estimate of drug-likeness (QED) is 0.171. The Hall–Kier alpha value is -7.36. The van der Waals surface area contributed by atoms with Gasteiger partial charge in [0.15, 0.2) is 5.82 Å². The van der Waals surface area contributed by atoms with Gasteiger partial charge in [-0.3, -0.25) is 0 Å². The van der Waals surface area contributed by atoms with Crippen molar-refractivity contribution in [1.82, 2.24) is 9.97 Å². The summed E-state index contributed by atoms with van der Waals surface area (Å²) in [7, 11) is 0. The van der Waals surface area contributed by atoms with Gasteiger partial charge >= 0.3 is 0 Å². The molecule has 0 fully saturated rings. The van der Waals surface area contributed by atoms with Gasteiger partial charge in [-0.15, -0.1) is 0 Å². The minimum atomic E-state index is -0.294. The van der Waals surface area contributed by atoms with Crippen molar-refractivity contribution in [3.05, 3.63) is 217 Å². The van der Waals surface area contributed by atoms with E-state index in [1.54, 1.807) is 0 Å². The Morgan fingerprint density at radius 2 is 0.912 bits per heavy atom. The molecule has 1 atom stereocenters. The van der Waals surface area contributed by atoms with Crippen LogP contribution in [0.2, 0.25) is 0 Å². The molecule has 8 aromatic carbocycles. The number of furan rings is 1. The number of para-hydroxylation sites is 1. The zero-order chi connectivity index (χ0) is 37.9. The molecule has 0 aliphatic heterocycles. The van der Waals surface area contributed by atoms with Gasteiger partial charge in [0, 0.05) is 32.9 Å². The number of hydrogen-bond acceptors (Lipinski definition) is 3. The van der Waals surface area contributed by atoms with Crippen molar-refractivity contribution < 1.29 is 4.42 Å². The highest BCUT2D eigenvalue weighted by Crippen LogP contribution is 2.53. The molecule has 3 nitrogen and oxygen atoms in total. The monoisotopic (exact) mass is 728 g/mol. The van der Waals surface area contributed by atoms with E-state index < -0.39 is 0 Å². The van der Waals surface area contributed by atoms with E-state index in [4.69, 9.17) is 14.4 Å². The highest BCUT2D eigenvalue weighted by atomic mass is 16.3. The topological polar surface area (TPSA) is 38.9 Å². The molecule has 268 valence electrons. The molecule has 2 heterocycles. The molecular formula is C54H36N2O. The predicted octanol–water partition coefficient (Wildman–Crippen LogP) is 14.0. The van der Waals surface area contributed by atoms with E-state index in [-0.39, 0.29) is 5.41 Å². The first-order valence-corrected chi connectivity index (χ1v) is 19.5. The normalized spacial score (nSPS) is 14.5. The molecule has 3 heteroatoms. The Bertz CT molecular complexity index is 3110. The highest BCUT2D eigenvalue weighted by molar-refractivity contribution is 6.05. The number of aromatic nitrogens is 2. The van der Waals surface area contributed by atoms with Gasteiger partial charge < -0.3 is 4.42 Å². The van der Waals surface area contributed by atoms with Crippen LogP contribution in [-0.4, -0.2) is 9.97 Å². The lowest BCUT2D eigenvalue weighted by molar-refractivity contribution is 0.669. The van der Waals surface area contributed by atoms with Crippen LogP contribution in [0.4, 0.5) is 0 Å². The standard InChI is InChI=1S/C54H36N2O/c1-54(42-14-6-3-7-15-42)47-18-10-8-16-43(47)44-30-29-41(32-48(44)54)50-34-49(55-53(56-50)39-12-4-2-5-13-39)38-26-24-36(25-27-38)35-20-22-37(23-21-35)40-28-31-46-45-17-9-11-19-51(45)57-52(46)33-40/h2-34H,1H3. The summed E-state index contributed by atoms with van der Waals surface area (Å²) in [5, 5.41) is 2.29. The van der Waals surface area contributed by atoms with E-state index >= 15 is 0 Å². The zero-order valence-electron chi connectivity index (χ0n) is 31.4. The minimum absolute atomic E-state index is 0.294. The summed E-state index contributed by atoms with van der Waals surface area (Å²) in [5.41, 5.74) is 17.5. The molecule has 1 aliphatic rings. The lowest BCUT2D eigenvalue weighted by atomic mass is 9.74. The van der Waals surface area contributed by atoms with E-state index in [2.05, 4.69) is 177 Å². The van der Waals surface area contributed by atoms with Crippen LogP contribution in [0.3, 0.4) is 0 Å². The van der Waals surface area contributed by atoms with Crippen molar-refractivity contribution in [3.63, 3.8) is 0 Å². The van der Waals surface area contributed by atoms with Crippen LogP contribution >= 0.6 is 0 Å². The Morgan fingerprint density at radius 1 is 0.368 bits per heavy atom. The lowest BCUT2D eigenvalue weighted by Crippen LogP contribution is -2.22. The van der Waals surface area contributed by atoms with Crippen molar-refractivity contribution in [1.29, 1.82) is 0 Å². The third-order valence-electron chi connectivity index (χ3n) is 11.8. The maximum atomic E-state index is 6.17. The van der Waals surface area contributed by atoms with E-state index in [1.165, 1.54) is 27.8 Å². The number of nitrogens with zero attached hydrogens (tertiary/aromatic N) is 2. The summed E-state index contributed by atoms with van der Waals surface area (Å²) in [6.45, 7) is 2.36. The SMILES string of the molecule is CC1(c2ccccc2)c2ccccc2-c2ccc(-c3cc(-c4ccc(-c5ccc(-c6ccc7c(c6)oc6ccccc67)cc5)cc4)nc(-c4ccccc4)n3)cc21. The minimum Gasteiger partial charge on any atom is -0.456 e. The Balaban J connectivity index is 0.946. The summed E-state index contributed by atoms with van der Waals surface area (Å²) >= 11 is 0. The zero-order valence-corrected chi connectivity index (χ0v) is 31.4. The highest BCUT2D eigenvalue weighted by Gasteiger charge is 2.40. The number of benzene rings is 8. The van der Waals surface area contributed by atoms with Crippen LogP contribution in [0.25, 0.3) is 89.2 Å². The van der Waals surface area contributed by atoms with Crippen molar-refractivity contribution in [2.24, 2.45) is 0 Å². The average molecular weight is 729 g/mol. The van der Waals surface area contributed by atoms with Gasteiger partial charge in [0.05, 0.1) is 11.4 Å².